The minimum absolute atomic E-state index is 0.636. The second kappa shape index (κ2) is 4.36. The van der Waals surface area contributed by atoms with E-state index in [2.05, 4.69) is 0 Å². The fourth-order valence-electron chi connectivity index (χ4n) is 1.58. The van der Waals surface area contributed by atoms with E-state index in [0.717, 1.165) is 22.4 Å². The first-order valence-corrected chi connectivity index (χ1v) is 5.64. The highest BCUT2D eigenvalue weighted by Crippen LogP contribution is 2.28. The minimum Gasteiger partial charge on any atom is -0.399 e. The molecule has 16 heavy (non-hydrogen) atoms. The normalized spacial score (nSPS) is 10.4. The summed E-state index contributed by atoms with van der Waals surface area (Å²) in [6.45, 7) is 1.98. The average molecular weight is 252 g/mol. The number of hydrogen-bond acceptors (Lipinski definition) is 1. The van der Waals surface area contributed by atoms with E-state index in [0.29, 0.717) is 10.0 Å². The number of anilines is 1. The number of aryl methyl sites for hydroxylation is 1. The van der Waals surface area contributed by atoms with Gasteiger partial charge in [-0.3, -0.25) is 0 Å². The third-order valence-corrected chi connectivity index (χ3v) is 2.90. The monoisotopic (exact) mass is 251 g/mol. The van der Waals surface area contributed by atoms with E-state index in [-0.39, 0.29) is 0 Å². The Morgan fingerprint density at radius 2 is 1.50 bits per heavy atom. The van der Waals surface area contributed by atoms with E-state index < -0.39 is 0 Å². The van der Waals surface area contributed by atoms with Gasteiger partial charge in [-0.25, -0.2) is 0 Å². The van der Waals surface area contributed by atoms with Crippen molar-refractivity contribution in [2.75, 3.05) is 5.73 Å². The average Bonchev–Trinajstić information content (AvgIpc) is 2.20. The topological polar surface area (TPSA) is 26.0 Å². The lowest BCUT2D eigenvalue weighted by atomic mass is 10.0. The molecule has 0 fully saturated rings. The van der Waals surface area contributed by atoms with Gasteiger partial charge in [-0.05, 0) is 53.9 Å². The maximum atomic E-state index is 5.96. The van der Waals surface area contributed by atoms with Gasteiger partial charge in [0.05, 0.1) is 0 Å². The number of hydrogen-bond donors (Lipinski definition) is 1. The molecule has 82 valence electrons. The molecule has 0 heterocycles. The van der Waals surface area contributed by atoms with Crippen LogP contribution in [0.3, 0.4) is 0 Å². The van der Waals surface area contributed by atoms with Crippen LogP contribution in [0.15, 0.2) is 36.4 Å². The fourth-order valence-corrected chi connectivity index (χ4v) is 2.10. The van der Waals surface area contributed by atoms with Crippen LogP contribution < -0.4 is 5.73 Å². The Balaban J connectivity index is 2.54. The van der Waals surface area contributed by atoms with Gasteiger partial charge in [0.25, 0.3) is 0 Å². The molecule has 2 N–H and O–H groups in total. The van der Waals surface area contributed by atoms with Gasteiger partial charge in [0.15, 0.2) is 0 Å². The molecule has 3 heteroatoms. The molecule has 1 nitrogen and oxygen atoms in total. The third kappa shape index (κ3) is 2.31. The van der Waals surface area contributed by atoms with Crippen LogP contribution in [0, 0.1) is 6.92 Å². The molecule has 0 unspecified atom stereocenters. The molecule has 2 rings (SSSR count). The van der Waals surface area contributed by atoms with Crippen LogP contribution in [-0.2, 0) is 0 Å². The van der Waals surface area contributed by atoms with E-state index in [1.807, 2.05) is 37.3 Å². The molecule has 0 saturated carbocycles. The van der Waals surface area contributed by atoms with Crippen molar-refractivity contribution in [1.29, 1.82) is 0 Å². The highest BCUT2D eigenvalue weighted by Gasteiger charge is 2.03. The van der Waals surface area contributed by atoms with Crippen LogP contribution >= 0.6 is 23.2 Å². The van der Waals surface area contributed by atoms with Crippen molar-refractivity contribution >= 4 is 28.9 Å². The molecule has 0 amide bonds. The lowest BCUT2D eigenvalue weighted by molar-refractivity contribution is 1.46. The zero-order valence-electron chi connectivity index (χ0n) is 8.80. The van der Waals surface area contributed by atoms with Crippen LogP contribution in [-0.4, -0.2) is 0 Å². The predicted octanol–water partition coefficient (Wildman–Crippen LogP) is 4.55. The summed E-state index contributed by atoms with van der Waals surface area (Å²) in [5, 5.41) is 1.27. The molecular formula is C13H11Cl2N. The molecular weight excluding hydrogens is 241 g/mol. The highest BCUT2D eigenvalue weighted by atomic mass is 35.5. The summed E-state index contributed by atoms with van der Waals surface area (Å²) in [6, 6.07) is 11.4. The number of nitrogens with two attached hydrogens (primary N) is 1. The lowest BCUT2D eigenvalue weighted by Gasteiger charge is -2.06. The molecule has 2 aromatic rings. The van der Waals surface area contributed by atoms with Crippen molar-refractivity contribution in [3.63, 3.8) is 0 Å². The van der Waals surface area contributed by atoms with E-state index in [1.165, 1.54) is 0 Å². The zero-order chi connectivity index (χ0) is 11.7. The van der Waals surface area contributed by atoms with Crippen molar-refractivity contribution in [3.8, 4) is 11.1 Å². The van der Waals surface area contributed by atoms with Gasteiger partial charge in [0, 0.05) is 15.7 Å². The molecule has 2 aromatic carbocycles. The van der Waals surface area contributed by atoms with Crippen LogP contribution in [0.5, 0.6) is 0 Å². The number of rotatable bonds is 1. The quantitative estimate of drug-likeness (QED) is 0.740. The van der Waals surface area contributed by atoms with Crippen molar-refractivity contribution in [3.05, 3.63) is 52.0 Å². The molecule has 0 saturated heterocycles. The van der Waals surface area contributed by atoms with Gasteiger partial charge in [0.2, 0.25) is 0 Å². The first-order valence-electron chi connectivity index (χ1n) is 4.89. The van der Waals surface area contributed by atoms with Crippen molar-refractivity contribution in [2.24, 2.45) is 0 Å². The predicted molar refractivity (Wildman–Crippen MR) is 71.0 cm³/mol. The van der Waals surface area contributed by atoms with Gasteiger partial charge in [-0.2, -0.15) is 0 Å². The van der Waals surface area contributed by atoms with Crippen molar-refractivity contribution in [2.45, 2.75) is 6.92 Å². The summed E-state index contributed by atoms with van der Waals surface area (Å²) in [6.07, 6.45) is 0. The summed E-state index contributed by atoms with van der Waals surface area (Å²) < 4.78 is 0. The summed E-state index contributed by atoms with van der Waals surface area (Å²) in [4.78, 5) is 0. The molecule has 0 aliphatic rings. The smallest absolute Gasteiger partial charge is 0.0426 e. The standard InChI is InChI=1S/C13H11Cl2N/c1-8-4-9(2-3-13(8)16)10-5-11(14)7-12(15)6-10/h2-7H,16H2,1H3. The summed E-state index contributed by atoms with van der Waals surface area (Å²) >= 11 is 11.9. The summed E-state index contributed by atoms with van der Waals surface area (Å²) in [5.74, 6) is 0. The summed E-state index contributed by atoms with van der Waals surface area (Å²) in [7, 11) is 0. The van der Waals surface area contributed by atoms with Crippen LogP contribution in [0.1, 0.15) is 5.56 Å². The number of benzene rings is 2. The Bertz CT molecular complexity index is 515. The Kier molecular flexibility index (Phi) is 3.08. The SMILES string of the molecule is Cc1cc(-c2cc(Cl)cc(Cl)c2)ccc1N. The molecule has 0 aromatic heterocycles. The lowest BCUT2D eigenvalue weighted by Crippen LogP contribution is -1.89. The molecule has 0 spiro atoms. The zero-order valence-corrected chi connectivity index (χ0v) is 10.3. The highest BCUT2D eigenvalue weighted by molar-refractivity contribution is 6.35. The van der Waals surface area contributed by atoms with Gasteiger partial charge in [-0.1, -0.05) is 29.3 Å². The first kappa shape index (κ1) is 11.3. The number of nitrogen functional groups attached to an aromatic ring is 1. The van der Waals surface area contributed by atoms with E-state index in [9.17, 15) is 0 Å². The second-order valence-electron chi connectivity index (χ2n) is 3.73. The summed E-state index contributed by atoms with van der Waals surface area (Å²) in [5.41, 5.74) is 9.68. The first-order chi connectivity index (χ1) is 7.56. The molecule has 0 atom stereocenters. The van der Waals surface area contributed by atoms with Gasteiger partial charge >= 0.3 is 0 Å². The maximum Gasteiger partial charge on any atom is 0.0426 e. The second-order valence-corrected chi connectivity index (χ2v) is 4.60. The Morgan fingerprint density at radius 3 is 2.06 bits per heavy atom. The van der Waals surface area contributed by atoms with Crippen LogP contribution in [0.2, 0.25) is 10.0 Å². The van der Waals surface area contributed by atoms with Crippen LogP contribution in [0.25, 0.3) is 11.1 Å². The third-order valence-electron chi connectivity index (χ3n) is 2.47. The van der Waals surface area contributed by atoms with Crippen molar-refractivity contribution in [1.82, 2.24) is 0 Å². The van der Waals surface area contributed by atoms with E-state index in [1.54, 1.807) is 6.07 Å². The van der Waals surface area contributed by atoms with Crippen LogP contribution in [0.4, 0.5) is 5.69 Å². The van der Waals surface area contributed by atoms with Crippen molar-refractivity contribution < 1.29 is 0 Å². The van der Waals surface area contributed by atoms with E-state index >= 15 is 0 Å². The Hall–Kier alpha value is -1.18. The molecule has 0 bridgehead atoms. The minimum atomic E-state index is 0.636. The number of halogens is 2. The van der Waals surface area contributed by atoms with Gasteiger partial charge < -0.3 is 5.73 Å². The maximum absolute atomic E-state index is 5.96. The molecule has 0 aliphatic heterocycles. The Morgan fingerprint density at radius 1 is 0.875 bits per heavy atom. The van der Waals surface area contributed by atoms with E-state index in [4.69, 9.17) is 28.9 Å². The molecule has 0 radical (unpaired) electrons. The van der Waals surface area contributed by atoms with Gasteiger partial charge in [-0.15, -0.1) is 0 Å². The molecule has 0 aliphatic carbocycles. The fraction of sp³-hybridized carbons (Fsp3) is 0.0769. The Labute approximate surface area is 105 Å². The van der Waals surface area contributed by atoms with Gasteiger partial charge in [0.1, 0.15) is 0 Å². The largest absolute Gasteiger partial charge is 0.399 e.